The minimum absolute atomic E-state index is 0.462. The minimum Gasteiger partial charge on any atom is -0.234 e. The van der Waals surface area contributed by atoms with Crippen molar-refractivity contribution in [1.29, 1.82) is 0 Å². The van der Waals surface area contributed by atoms with Gasteiger partial charge in [-0.3, -0.25) is 0 Å². The van der Waals surface area contributed by atoms with Crippen LogP contribution in [0.4, 0.5) is 0 Å². The van der Waals surface area contributed by atoms with Gasteiger partial charge in [0.1, 0.15) is 12.7 Å². The summed E-state index contributed by atoms with van der Waals surface area (Å²) in [7, 11) is 0. The zero-order valence-electron chi connectivity index (χ0n) is 3.81. The fourth-order valence-electron chi connectivity index (χ4n) is 0.118. The monoisotopic (exact) mass is 88.1 g/mol. The van der Waals surface area contributed by atoms with E-state index in [2.05, 4.69) is 0 Å². The van der Waals surface area contributed by atoms with Crippen molar-refractivity contribution in [2.45, 2.75) is 19.4 Å². The van der Waals surface area contributed by atoms with Crippen LogP contribution in [0.25, 0.3) is 0 Å². The summed E-state index contributed by atoms with van der Waals surface area (Å²) in [4.78, 5) is 0. The maximum atomic E-state index is 9.95. The Kier molecular flexibility index (Phi) is 3.08. The molecule has 0 aromatic heterocycles. The Balaban J connectivity index is 2.75. The highest BCUT2D eigenvalue weighted by Crippen LogP contribution is 1.85. The summed E-state index contributed by atoms with van der Waals surface area (Å²) >= 11 is 0. The number of rotatable bonds is 2. The molecule has 0 saturated carbocycles. The Morgan fingerprint density at radius 2 is 2.17 bits per heavy atom. The highest BCUT2D eigenvalue weighted by atomic mass is 16.3. The van der Waals surface area contributed by atoms with E-state index in [4.69, 9.17) is 0 Å². The van der Waals surface area contributed by atoms with Crippen molar-refractivity contribution >= 4 is 0 Å². The van der Waals surface area contributed by atoms with Gasteiger partial charge in [-0.2, -0.15) is 0 Å². The van der Waals surface area contributed by atoms with Gasteiger partial charge in [0.2, 0.25) is 0 Å². The Morgan fingerprint density at radius 3 is 2.17 bits per heavy atom. The summed E-state index contributed by atoms with van der Waals surface area (Å²) in [6, 6.07) is 0. The molecule has 1 unspecified atom stereocenters. The smallest absolute Gasteiger partial charge is 0.119 e. The molecule has 0 saturated heterocycles. The lowest BCUT2D eigenvalue weighted by Gasteiger charge is -1.91. The molecule has 0 heterocycles. The van der Waals surface area contributed by atoms with E-state index in [-0.39, 0.29) is 0 Å². The molecular weight excluding hydrogens is 80.0 g/mol. The molecule has 0 aliphatic rings. The second-order valence-corrected chi connectivity index (χ2v) is 1.20. The molecule has 0 rings (SSSR count). The second kappa shape index (κ2) is 3.12. The van der Waals surface area contributed by atoms with Crippen molar-refractivity contribution in [1.82, 2.24) is 0 Å². The van der Waals surface area contributed by atoms with E-state index >= 15 is 0 Å². The molecule has 2 radical (unpaired) electrons. The number of hydrogen-bond acceptors (Lipinski definition) is 0. The van der Waals surface area contributed by atoms with Crippen LogP contribution in [-0.4, -0.2) is 12.7 Å². The molecule has 0 spiro atoms. The number of hydrogen-bond donors (Lipinski definition) is 0. The van der Waals surface area contributed by atoms with Gasteiger partial charge in [0.05, 0.1) is 0 Å². The maximum absolute atomic E-state index is 9.95. The van der Waals surface area contributed by atoms with E-state index in [1.807, 2.05) is 0 Å². The van der Waals surface area contributed by atoms with Crippen molar-refractivity contribution in [2.75, 3.05) is 6.61 Å². The molecule has 1 atom stereocenters. The first-order valence-electron chi connectivity index (χ1n) is 2.05. The summed E-state index contributed by atoms with van der Waals surface area (Å²) in [5.74, 6) is 0. The van der Waals surface area contributed by atoms with Crippen molar-refractivity contribution in [3.63, 3.8) is 0 Å². The van der Waals surface area contributed by atoms with Crippen molar-refractivity contribution in [3.05, 3.63) is 0 Å². The predicted molar refractivity (Wildman–Crippen MR) is 20.3 cm³/mol. The van der Waals surface area contributed by atoms with E-state index in [1.165, 1.54) is 0 Å². The molecule has 0 bridgehead atoms. The highest BCUT2D eigenvalue weighted by molar-refractivity contribution is 4.43. The Bertz CT molecular complexity index is 24.7. The quantitative estimate of drug-likeness (QED) is 0.475. The summed E-state index contributed by atoms with van der Waals surface area (Å²) in [6.45, 7) is 1.24. The molecule has 2 heteroatoms. The van der Waals surface area contributed by atoms with Crippen LogP contribution in [0.3, 0.4) is 0 Å². The zero-order valence-corrected chi connectivity index (χ0v) is 3.81. The lowest BCUT2D eigenvalue weighted by atomic mass is 10.3. The van der Waals surface area contributed by atoms with Gasteiger partial charge in [0.15, 0.2) is 0 Å². The van der Waals surface area contributed by atoms with Crippen LogP contribution in [0.2, 0.25) is 0 Å². The van der Waals surface area contributed by atoms with Crippen molar-refractivity contribution < 1.29 is 10.2 Å². The van der Waals surface area contributed by atoms with Crippen LogP contribution in [-0.2, 0) is 10.2 Å². The van der Waals surface area contributed by atoms with Gasteiger partial charge in [-0.15, -0.1) is 0 Å². The van der Waals surface area contributed by atoms with E-state index in [1.54, 1.807) is 6.92 Å². The van der Waals surface area contributed by atoms with E-state index in [9.17, 15) is 10.2 Å². The van der Waals surface area contributed by atoms with Crippen LogP contribution in [0.15, 0.2) is 0 Å². The van der Waals surface area contributed by atoms with Gasteiger partial charge < -0.3 is 0 Å². The first-order valence-corrected chi connectivity index (χ1v) is 2.05. The predicted octanol–water partition coefficient (Wildman–Crippen LogP) is 0.626. The SMILES string of the molecule is CCC([O])C[O]. The topological polar surface area (TPSA) is 39.8 Å². The Hall–Kier alpha value is -0.0800. The largest absolute Gasteiger partial charge is 0.234 e. The average Bonchev–Trinajstić information content (AvgIpc) is 1.65. The van der Waals surface area contributed by atoms with Gasteiger partial charge in [-0.05, 0) is 6.42 Å². The molecule has 0 aliphatic heterocycles. The van der Waals surface area contributed by atoms with Gasteiger partial charge in [-0.1, -0.05) is 6.92 Å². The second-order valence-electron chi connectivity index (χ2n) is 1.20. The molecule has 36 valence electrons. The molecule has 0 N–H and O–H groups in total. The summed E-state index contributed by atoms with van der Waals surface area (Å²) in [5, 5.41) is 19.5. The average molecular weight is 88.1 g/mol. The van der Waals surface area contributed by atoms with Crippen molar-refractivity contribution in [3.8, 4) is 0 Å². The van der Waals surface area contributed by atoms with Crippen LogP contribution in [0.5, 0.6) is 0 Å². The minimum atomic E-state index is -0.870. The molecule has 2 nitrogen and oxygen atoms in total. The van der Waals surface area contributed by atoms with Gasteiger partial charge in [-0.25, -0.2) is 10.2 Å². The standard InChI is InChI=1S/C4H8O2/c1-2-4(6)3-5/h4H,2-3H2,1H3. The van der Waals surface area contributed by atoms with Crippen molar-refractivity contribution in [2.24, 2.45) is 0 Å². The van der Waals surface area contributed by atoms with E-state index in [0.29, 0.717) is 6.42 Å². The fraction of sp³-hybridized carbons (Fsp3) is 1.00. The van der Waals surface area contributed by atoms with Gasteiger partial charge in [0, 0.05) is 0 Å². The molecule has 0 aromatic rings. The van der Waals surface area contributed by atoms with Crippen LogP contribution in [0, 0.1) is 0 Å². The molecular formula is C4H8O2. The Morgan fingerprint density at radius 1 is 1.67 bits per heavy atom. The van der Waals surface area contributed by atoms with Gasteiger partial charge in [0.25, 0.3) is 0 Å². The van der Waals surface area contributed by atoms with E-state index < -0.39 is 12.7 Å². The molecule has 0 aromatic carbocycles. The highest BCUT2D eigenvalue weighted by Gasteiger charge is 1.96. The third-order valence-electron chi connectivity index (χ3n) is 0.641. The van der Waals surface area contributed by atoms with Crippen LogP contribution < -0.4 is 0 Å². The first-order chi connectivity index (χ1) is 2.81. The molecule has 6 heavy (non-hydrogen) atoms. The summed E-state index contributed by atoms with van der Waals surface area (Å²) in [6.07, 6.45) is -0.409. The molecule has 0 fully saturated rings. The summed E-state index contributed by atoms with van der Waals surface area (Å²) < 4.78 is 0. The lowest BCUT2D eigenvalue weighted by molar-refractivity contribution is 0.00562. The Labute approximate surface area is 37.4 Å². The van der Waals surface area contributed by atoms with Gasteiger partial charge >= 0.3 is 0 Å². The third-order valence-corrected chi connectivity index (χ3v) is 0.641. The fourth-order valence-corrected chi connectivity index (χ4v) is 0.118. The lowest BCUT2D eigenvalue weighted by Crippen LogP contribution is -2.05. The molecule has 0 aliphatic carbocycles. The normalized spacial score (nSPS) is 14.5. The van der Waals surface area contributed by atoms with E-state index in [0.717, 1.165) is 0 Å². The third kappa shape index (κ3) is 2.18. The maximum Gasteiger partial charge on any atom is 0.119 e. The van der Waals surface area contributed by atoms with Crippen LogP contribution >= 0.6 is 0 Å². The zero-order chi connectivity index (χ0) is 4.99. The first kappa shape index (κ1) is 5.92. The molecule has 0 amide bonds. The summed E-state index contributed by atoms with van der Waals surface area (Å²) in [5.41, 5.74) is 0. The van der Waals surface area contributed by atoms with Crippen LogP contribution in [0.1, 0.15) is 13.3 Å².